The van der Waals surface area contributed by atoms with Crippen molar-refractivity contribution in [3.63, 3.8) is 0 Å². The molecule has 0 heterocycles. The maximum Gasteiger partial charge on any atom is 0.335 e. The van der Waals surface area contributed by atoms with Crippen LogP contribution in [0.2, 0.25) is 0 Å². The SMILES string of the molecule is COc1ccc(C)cc1-c1ccc(C(=O)O)cc1[N+](=O)[O-]. The van der Waals surface area contributed by atoms with Gasteiger partial charge in [0.05, 0.1) is 23.2 Å². The number of aryl methyl sites for hydroxylation is 1. The van der Waals surface area contributed by atoms with Gasteiger partial charge in [-0.15, -0.1) is 0 Å². The molecule has 2 aromatic rings. The third-order valence-electron chi connectivity index (χ3n) is 3.09. The third kappa shape index (κ3) is 2.84. The maximum atomic E-state index is 11.2. The van der Waals surface area contributed by atoms with E-state index in [4.69, 9.17) is 9.84 Å². The summed E-state index contributed by atoms with van der Waals surface area (Å²) >= 11 is 0. The first-order valence-electron chi connectivity index (χ1n) is 6.10. The number of carbonyl (C=O) groups is 1. The molecular formula is C15H13NO5. The molecule has 0 saturated heterocycles. The molecule has 0 aromatic heterocycles. The normalized spacial score (nSPS) is 10.2. The Balaban J connectivity index is 2.71. The smallest absolute Gasteiger partial charge is 0.335 e. The highest BCUT2D eigenvalue weighted by atomic mass is 16.6. The van der Waals surface area contributed by atoms with Crippen LogP contribution in [0.1, 0.15) is 15.9 Å². The first kappa shape index (κ1) is 14.5. The number of nitro benzene ring substituents is 1. The molecule has 0 aliphatic heterocycles. The lowest BCUT2D eigenvalue weighted by atomic mass is 9.99. The zero-order valence-corrected chi connectivity index (χ0v) is 11.5. The van der Waals surface area contributed by atoms with E-state index in [9.17, 15) is 14.9 Å². The summed E-state index contributed by atoms with van der Waals surface area (Å²) in [6.45, 7) is 1.86. The summed E-state index contributed by atoms with van der Waals surface area (Å²) in [7, 11) is 1.48. The molecule has 6 heteroatoms. The van der Waals surface area contributed by atoms with E-state index in [0.29, 0.717) is 16.9 Å². The van der Waals surface area contributed by atoms with Gasteiger partial charge in [-0.1, -0.05) is 11.6 Å². The number of benzene rings is 2. The molecule has 6 nitrogen and oxygen atoms in total. The predicted molar refractivity (Wildman–Crippen MR) is 76.8 cm³/mol. The highest BCUT2D eigenvalue weighted by Crippen LogP contribution is 2.37. The largest absolute Gasteiger partial charge is 0.496 e. The van der Waals surface area contributed by atoms with E-state index in [2.05, 4.69) is 0 Å². The number of nitrogens with zero attached hydrogens (tertiary/aromatic N) is 1. The average Bonchev–Trinajstić information content (AvgIpc) is 2.46. The van der Waals surface area contributed by atoms with Gasteiger partial charge in [0.25, 0.3) is 5.69 Å². The van der Waals surface area contributed by atoms with Crippen molar-refractivity contribution in [2.45, 2.75) is 6.92 Å². The van der Waals surface area contributed by atoms with Crippen LogP contribution in [0, 0.1) is 17.0 Å². The predicted octanol–water partition coefficient (Wildman–Crippen LogP) is 3.28. The number of aromatic carboxylic acids is 1. The van der Waals surface area contributed by atoms with Crippen LogP contribution in [0.5, 0.6) is 5.75 Å². The third-order valence-corrected chi connectivity index (χ3v) is 3.09. The highest BCUT2D eigenvalue weighted by molar-refractivity contribution is 5.91. The zero-order valence-electron chi connectivity index (χ0n) is 11.5. The Morgan fingerprint density at radius 1 is 1.19 bits per heavy atom. The van der Waals surface area contributed by atoms with Crippen molar-refractivity contribution >= 4 is 11.7 Å². The second-order valence-corrected chi connectivity index (χ2v) is 4.50. The van der Waals surface area contributed by atoms with Gasteiger partial charge in [-0.25, -0.2) is 4.79 Å². The molecule has 0 aliphatic rings. The van der Waals surface area contributed by atoms with E-state index in [1.54, 1.807) is 12.1 Å². The Kier molecular flexibility index (Phi) is 3.89. The molecule has 1 N–H and O–H groups in total. The number of hydrogen-bond acceptors (Lipinski definition) is 4. The molecular weight excluding hydrogens is 274 g/mol. The molecule has 0 atom stereocenters. The summed E-state index contributed by atoms with van der Waals surface area (Å²) in [6.07, 6.45) is 0. The van der Waals surface area contributed by atoms with Crippen LogP contribution in [-0.4, -0.2) is 23.1 Å². The van der Waals surface area contributed by atoms with Crippen LogP contribution in [0.15, 0.2) is 36.4 Å². The Morgan fingerprint density at radius 3 is 2.48 bits per heavy atom. The van der Waals surface area contributed by atoms with E-state index < -0.39 is 10.9 Å². The minimum absolute atomic E-state index is 0.128. The lowest BCUT2D eigenvalue weighted by molar-refractivity contribution is -0.384. The number of nitro groups is 1. The molecule has 0 saturated carbocycles. The molecule has 2 aromatic carbocycles. The fourth-order valence-electron chi connectivity index (χ4n) is 2.08. The van der Waals surface area contributed by atoms with Crippen LogP contribution in [-0.2, 0) is 0 Å². The number of rotatable bonds is 4. The van der Waals surface area contributed by atoms with Crippen molar-refractivity contribution < 1.29 is 19.6 Å². The molecule has 0 amide bonds. The van der Waals surface area contributed by atoms with Crippen molar-refractivity contribution in [1.82, 2.24) is 0 Å². The van der Waals surface area contributed by atoms with Crippen LogP contribution >= 0.6 is 0 Å². The van der Waals surface area contributed by atoms with Crippen LogP contribution in [0.4, 0.5) is 5.69 Å². The summed E-state index contributed by atoms with van der Waals surface area (Å²) in [5, 5.41) is 20.2. The molecule has 0 aliphatic carbocycles. The highest BCUT2D eigenvalue weighted by Gasteiger charge is 2.20. The quantitative estimate of drug-likeness (QED) is 0.688. The average molecular weight is 287 g/mol. The van der Waals surface area contributed by atoms with E-state index in [1.807, 2.05) is 13.0 Å². The lowest BCUT2D eigenvalue weighted by Crippen LogP contribution is -2.00. The molecule has 108 valence electrons. The molecule has 0 radical (unpaired) electrons. The molecule has 0 bridgehead atoms. The summed E-state index contributed by atoms with van der Waals surface area (Å²) in [6, 6.07) is 9.14. The van der Waals surface area contributed by atoms with Gasteiger partial charge in [0.1, 0.15) is 5.75 Å². The fraction of sp³-hybridized carbons (Fsp3) is 0.133. The van der Waals surface area contributed by atoms with Gasteiger partial charge in [-0.2, -0.15) is 0 Å². The van der Waals surface area contributed by atoms with Crippen molar-refractivity contribution in [2.75, 3.05) is 7.11 Å². The summed E-state index contributed by atoms with van der Waals surface area (Å²) < 4.78 is 5.23. The van der Waals surface area contributed by atoms with Crippen LogP contribution in [0.3, 0.4) is 0 Å². The van der Waals surface area contributed by atoms with Crippen molar-refractivity contribution in [3.05, 3.63) is 57.6 Å². The maximum absolute atomic E-state index is 11.2. The van der Waals surface area contributed by atoms with Crippen LogP contribution in [0.25, 0.3) is 11.1 Å². The summed E-state index contributed by atoms with van der Waals surface area (Å²) in [5.41, 5.74) is 1.41. The second kappa shape index (κ2) is 5.62. The monoisotopic (exact) mass is 287 g/mol. The van der Waals surface area contributed by atoms with E-state index in [-0.39, 0.29) is 11.3 Å². The second-order valence-electron chi connectivity index (χ2n) is 4.50. The van der Waals surface area contributed by atoms with E-state index in [0.717, 1.165) is 11.6 Å². The zero-order chi connectivity index (χ0) is 15.6. The number of hydrogen-bond donors (Lipinski definition) is 1. The minimum Gasteiger partial charge on any atom is -0.496 e. The summed E-state index contributed by atoms with van der Waals surface area (Å²) in [5.74, 6) is -0.715. The first-order valence-corrected chi connectivity index (χ1v) is 6.10. The van der Waals surface area contributed by atoms with Gasteiger partial charge in [0.15, 0.2) is 0 Å². The fourth-order valence-corrected chi connectivity index (χ4v) is 2.08. The van der Waals surface area contributed by atoms with Crippen molar-refractivity contribution in [1.29, 1.82) is 0 Å². The van der Waals surface area contributed by atoms with Gasteiger partial charge in [-0.05, 0) is 31.2 Å². The first-order chi connectivity index (χ1) is 9.93. The number of methoxy groups -OCH3 is 1. The number of ether oxygens (including phenoxy) is 1. The molecule has 0 spiro atoms. The van der Waals surface area contributed by atoms with Crippen molar-refractivity contribution in [3.8, 4) is 16.9 Å². The Hall–Kier alpha value is -2.89. The number of carboxylic acids is 1. The minimum atomic E-state index is -1.21. The van der Waals surface area contributed by atoms with Gasteiger partial charge < -0.3 is 9.84 Å². The Bertz CT molecular complexity index is 724. The standard InChI is InChI=1S/C15H13NO5/c1-9-3-6-14(21-2)12(7-9)11-5-4-10(15(17)18)8-13(11)16(19)20/h3-8H,1-2H3,(H,17,18). The topological polar surface area (TPSA) is 89.7 Å². The molecule has 0 fully saturated rings. The Morgan fingerprint density at radius 2 is 1.90 bits per heavy atom. The van der Waals surface area contributed by atoms with Gasteiger partial charge in [0, 0.05) is 11.6 Å². The van der Waals surface area contributed by atoms with Gasteiger partial charge in [0.2, 0.25) is 0 Å². The van der Waals surface area contributed by atoms with Gasteiger partial charge in [-0.3, -0.25) is 10.1 Å². The molecule has 21 heavy (non-hydrogen) atoms. The van der Waals surface area contributed by atoms with E-state index >= 15 is 0 Å². The molecule has 0 unspecified atom stereocenters. The van der Waals surface area contributed by atoms with Gasteiger partial charge >= 0.3 is 5.97 Å². The lowest BCUT2D eigenvalue weighted by Gasteiger charge is -2.10. The summed E-state index contributed by atoms with van der Waals surface area (Å²) in [4.78, 5) is 21.6. The number of carboxylic acid groups (broad SMARTS) is 1. The van der Waals surface area contributed by atoms with E-state index in [1.165, 1.54) is 19.2 Å². The molecule has 2 rings (SSSR count). The Labute approximate surface area is 120 Å². The van der Waals surface area contributed by atoms with Crippen molar-refractivity contribution in [2.24, 2.45) is 0 Å². The van der Waals surface area contributed by atoms with Crippen LogP contribution < -0.4 is 4.74 Å².